The van der Waals surface area contributed by atoms with Gasteiger partial charge in [0.15, 0.2) is 6.29 Å². The van der Waals surface area contributed by atoms with Crippen molar-refractivity contribution < 1.29 is 49.3 Å². The summed E-state index contributed by atoms with van der Waals surface area (Å²) in [5.41, 5.74) is 0. The van der Waals surface area contributed by atoms with Gasteiger partial charge in [-0.15, -0.1) is 0 Å². The average Bonchev–Trinajstić information content (AvgIpc) is 2.74. The van der Waals surface area contributed by atoms with Crippen LogP contribution in [0.15, 0.2) is 48.6 Å². The molecule has 1 aliphatic rings. The van der Waals surface area contributed by atoms with Crippen molar-refractivity contribution in [1.29, 1.82) is 0 Å². The molecule has 1 saturated heterocycles. The Morgan fingerprint density at radius 2 is 0.770 bits per heavy atom. The number of ether oxygens (including phenoxy) is 3. The highest BCUT2D eigenvalue weighted by Gasteiger charge is 2.44. The zero-order chi connectivity index (χ0) is 63.0. The van der Waals surface area contributed by atoms with Crippen molar-refractivity contribution in [2.45, 2.75) is 403 Å². The number of carbonyl (C=O) groups is 2. The summed E-state index contributed by atoms with van der Waals surface area (Å²) in [5.74, 6) is -0.181. The second kappa shape index (κ2) is 65.1. The molecule has 0 saturated carbocycles. The number of hydrogen-bond donors (Lipinski definition) is 6. The lowest BCUT2D eigenvalue weighted by molar-refractivity contribution is -0.302. The third-order valence-corrected chi connectivity index (χ3v) is 17.7. The second-order valence-corrected chi connectivity index (χ2v) is 26.0. The Morgan fingerprint density at radius 3 is 1.20 bits per heavy atom. The maximum absolute atomic E-state index is 13.1. The van der Waals surface area contributed by atoms with Crippen LogP contribution in [-0.4, -0.2) is 100 Å². The van der Waals surface area contributed by atoms with Gasteiger partial charge in [-0.05, 0) is 89.9 Å². The Morgan fingerprint density at radius 1 is 0.425 bits per heavy atom. The zero-order valence-electron chi connectivity index (χ0n) is 56.7. The fourth-order valence-corrected chi connectivity index (χ4v) is 11.8. The van der Waals surface area contributed by atoms with Crippen LogP contribution in [0.5, 0.6) is 0 Å². The Labute approximate surface area is 536 Å². The number of aliphatic hydroxyl groups excluding tert-OH is 5. The highest BCUT2D eigenvalue weighted by Crippen LogP contribution is 2.23. The predicted molar refractivity (Wildman–Crippen MR) is 366 cm³/mol. The number of aliphatic hydroxyl groups is 5. The van der Waals surface area contributed by atoms with Crippen molar-refractivity contribution in [2.24, 2.45) is 0 Å². The number of rotatable bonds is 66. The minimum Gasteiger partial charge on any atom is -0.466 e. The van der Waals surface area contributed by atoms with Gasteiger partial charge in [0.1, 0.15) is 24.4 Å². The van der Waals surface area contributed by atoms with Crippen molar-refractivity contribution in [2.75, 3.05) is 19.8 Å². The summed E-state index contributed by atoms with van der Waals surface area (Å²) >= 11 is 0. The minimum absolute atomic E-state index is 0.00310. The van der Waals surface area contributed by atoms with Crippen molar-refractivity contribution in [3.63, 3.8) is 0 Å². The van der Waals surface area contributed by atoms with Gasteiger partial charge < -0.3 is 45.1 Å². The first-order valence-corrected chi connectivity index (χ1v) is 37.4. The highest BCUT2D eigenvalue weighted by molar-refractivity contribution is 5.76. The van der Waals surface area contributed by atoms with Crippen molar-refractivity contribution in [1.82, 2.24) is 5.32 Å². The highest BCUT2D eigenvalue weighted by atomic mass is 16.7. The standard InChI is InChI=1S/C76H141NO10/c1-3-5-7-9-11-13-15-17-39-42-46-50-54-58-62-69(79)68(67-86-76-75(84)74(83)73(82)70(66-78)87-76)77-71(80)63-59-55-51-47-43-40-37-35-33-31-29-27-25-23-21-19-18-20-22-24-26-28-30-32-34-36-38-41-45-49-53-57-61-65-85-72(81)64-60-56-52-48-44-16-14-12-10-8-6-4-2/h12,14,22,24,28,30,58,62,68-70,73-76,78-79,82-84H,3-11,13,15-21,23,25-27,29,31-57,59-61,63-67H2,1-2H3,(H,77,80)/b14-12-,24-22-,30-28-,62-58+. The SMILES string of the molecule is CCCCC/C=C\CCCCCCCC(=O)OCCCCCCCCCCC/C=C\C/C=C\CCCCCCCCCCCCCCCCCCCC(=O)NC(COC1OC(CO)C(O)C(O)C1O)C(O)/C=C/CCCCCCCCCCCCCC. The molecular formula is C76H141NO10. The monoisotopic (exact) mass is 1230 g/mol. The zero-order valence-corrected chi connectivity index (χ0v) is 56.7. The molecular weight excluding hydrogens is 1090 g/mol. The van der Waals surface area contributed by atoms with Crippen LogP contribution < -0.4 is 5.32 Å². The van der Waals surface area contributed by atoms with Gasteiger partial charge in [0.2, 0.25) is 5.91 Å². The Balaban J connectivity index is 1.97. The fraction of sp³-hybridized carbons (Fsp3) is 0.868. The first-order chi connectivity index (χ1) is 42.7. The summed E-state index contributed by atoms with van der Waals surface area (Å²) in [6.07, 6.45) is 75.4. The lowest BCUT2D eigenvalue weighted by Crippen LogP contribution is -2.60. The Kier molecular flexibility index (Phi) is 61.9. The summed E-state index contributed by atoms with van der Waals surface area (Å²) < 4.78 is 16.8. The molecule has 0 aromatic carbocycles. The second-order valence-electron chi connectivity index (χ2n) is 26.0. The smallest absolute Gasteiger partial charge is 0.305 e. The molecule has 1 amide bonds. The van der Waals surface area contributed by atoms with Crippen molar-refractivity contribution in [3.8, 4) is 0 Å². The Hall–Kier alpha value is -2.38. The molecule has 0 aliphatic carbocycles. The number of amides is 1. The van der Waals surface area contributed by atoms with Gasteiger partial charge in [-0.3, -0.25) is 9.59 Å². The molecule has 7 unspecified atom stereocenters. The molecule has 510 valence electrons. The minimum atomic E-state index is -1.57. The third-order valence-electron chi connectivity index (χ3n) is 17.7. The van der Waals surface area contributed by atoms with Crippen LogP contribution >= 0.6 is 0 Å². The van der Waals surface area contributed by atoms with E-state index in [0.717, 1.165) is 64.2 Å². The van der Waals surface area contributed by atoms with Crippen LogP contribution in [0.4, 0.5) is 0 Å². The molecule has 0 aromatic heterocycles. The van der Waals surface area contributed by atoms with Gasteiger partial charge in [-0.1, -0.05) is 306 Å². The van der Waals surface area contributed by atoms with Gasteiger partial charge in [0.05, 0.1) is 32.0 Å². The van der Waals surface area contributed by atoms with E-state index in [2.05, 4.69) is 55.6 Å². The van der Waals surface area contributed by atoms with E-state index < -0.39 is 49.5 Å². The van der Waals surface area contributed by atoms with Gasteiger partial charge in [0, 0.05) is 12.8 Å². The number of hydrogen-bond acceptors (Lipinski definition) is 10. The van der Waals surface area contributed by atoms with E-state index in [1.165, 1.54) is 270 Å². The van der Waals surface area contributed by atoms with Crippen LogP contribution in [0.1, 0.15) is 361 Å². The summed E-state index contributed by atoms with van der Waals surface area (Å²) in [7, 11) is 0. The molecule has 0 radical (unpaired) electrons. The van der Waals surface area contributed by atoms with Gasteiger partial charge in [-0.25, -0.2) is 0 Å². The summed E-state index contributed by atoms with van der Waals surface area (Å²) in [6, 6.07) is -0.809. The largest absolute Gasteiger partial charge is 0.466 e. The molecule has 0 bridgehead atoms. The Bertz CT molecular complexity index is 1580. The number of allylic oxidation sites excluding steroid dienone is 7. The van der Waals surface area contributed by atoms with E-state index in [9.17, 15) is 35.1 Å². The van der Waals surface area contributed by atoms with Crippen LogP contribution in [0.25, 0.3) is 0 Å². The number of esters is 1. The lowest BCUT2D eigenvalue weighted by Gasteiger charge is -2.40. The summed E-state index contributed by atoms with van der Waals surface area (Å²) in [5, 5.41) is 54.6. The molecule has 1 rings (SSSR count). The molecule has 0 aromatic rings. The van der Waals surface area contributed by atoms with Crippen molar-refractivity contribution in [3.05, 3.63) is 48.6 Å². The molecule has 11 nitrogen and oxygen atoms in total. The first kappa shape index (κ1) is 82.6. The van der Waals surface area contributed by atoms with Crippen LogP contribution in [0, 0.1) is 0 Å². The van der Waals surface area contributed by atoms with E-state index in [4.69, 9.17) is 14.2 Å². The van der Waals surface area contributed by atoms with E-state index in [1.807, 2.05) is 6.08 Å². The van der Waals surface area contributed by atoms with Crippen LogP contribution in [0.3, 0.4) is 0 Å². The normalized spacial score (nSPS) is 18.1. The molecule has 1 fully saturated rings. The quantitative estimate of drug-likeness (QED) is 0.0195. The van der Waals surface area contributed by atoms with E-state index >= 15 is 0 Å². The molecule has 6 N–H and O–H groups in total. The van der Waals surface area contributed by atoms with E-state index in [0.29, 0.717) is 19.4 Å². The lowest BCUT2D eigenvalue weighted by atomic mass is 9.99. The molecule has 87 heavy (non-hydrogen) atoms. The van der Waals surface area contributed by atoms with Crippen molar-refractivity contribution >= 4 is 11.9 Å². The topological polar surface area (TPSA) is 175 Å². The molecule has 1 heterocycles. The van der Waals surface area contributed by atoms with Crippen LogP contribution in [0.2, 0.25) is 0 Å². The predicted octanol–water partition coefficient (Wildman–Crippen LogP) is 19.5. The molecule has 11 heteroatoms. The summed E-state index contributed by atoms with van der Waals surface area (Å²) in [6.45, 7) is 4.35. The number of unbranched alkanes of at least 4 members (excludes halogenated alkanes) is 46. The third kappa shape index (κ3) is 53.9. The first-order valence-electron chi connectivity index (χ1n) is 37.4. The van der Waals surface area contributed by atoms with Crippen LogP contribution in [-0.2, 0) is 23.8 Å². The van der Waals surface area contributed by atoms with Gasteiger partial charge in [-0.2, -0.15) is 0 Å². The van der Waals surface area contributed by atoms with Gasteiger partial charge in [0.25, 0.3) is 0 Å². The maximum atomic E-state index is 13.1. The van der Waals surface area contributed by atoms with E-state index in [1.54, 1.807) is 6.08 Å². The fourth-order valence-electron chi connectivity index (χ4n) is 11.8. The van der Waals surface area contributed by atoms with Gasteiger partial charge >= 0.3 is 5.97 Å². The van der Waals surface area contributed by atoms with E-state index in [-0.39, 0.29) is 18.5 Å². The number of nitrogens with one attached hydrogen (secondary N) is 1. The molecule has 7 atom stereocenters. The molecule has 0 spiro atoms. The average molecular weight is 1230 g/mol. The summed E-state index contributed by atoms with van der Waals surface area (Å²) in [4.78, 5) is 25.1. The molecule has 1 aliphatic heterocycles. The maximum Gasteiger partial charge on any atom is 0.305 e. The number of carbonyl (C=O) groups excluding carboxylic acids is 2.